The summed E-state index contributed by atoms with van der Waals surface area (Å²) in [5, 5.41) is 9.26. The van der Waals surface area contributed by atoms with Crippen LogP contribution in [-0.2, 0) is 4.79 Å². The molecule has 1 N–H and O–H groups in total. The molecule has 4 nitrogen and oxygen atoms in total. The fraction of sp³-hybridized carbons (Fsp3) is 0.227. The van der Waals surface area contributed by atoms with Crippen molar-refractivity contribution < 1.29 is 23.8 Å². The molecule has 3 rings (SSSR count). The predicted molar refractivity (Wildman–Crippen MR) is 103 cm³/mol. The van der Waals surface area contributed by atoms with Crippen molar-refractivity contribution in [2.24, 2.45) is 0 Å². The number of hydrogen-bond donors (Lipinski definition) is 1. The summed E-state index contributed by atoms with van der Waals surface area (Å²) < 4.78 is 24.8. The van der Waals surface area contributed by atoms with Gasteiger partial charge in [0.05, 0.1) is 20.6 Å². The quantitative estimate of drug-likeness (QED) is 0.811. The number of carbonyl (C=O) groups is 1. The van der Waals surface area contributed by atoms with E-state index >= 15 is 0 Å². The first-order valence-electron chi connectivity index (χ1n) is 8.52. The van der Waals surface area contributed by atoms with Crippen molar-refractivity contribution >= 4 is 23.2 Å². The topological polar surface area (TPSA) is 55.8 Å². The lowest BCUT2D eigenvalue weighted by Crippen LogP contribution is -1.97. The lowest BCUT2D eigenvalue weighted by atomic mass is 9.99. The van der Waals surface area contributed by atoms with E-state index in [4.69, 9.17) is 9.47 Å². The van der Waals surface area contributed by atoms with Gasteiger partial charge >= 0.3 is 5.97 Å². The molecule has 0 aliphatic heterocycles. The van der Waals surface area contributed by atoms with Gasteiger partial charge in [-0.15, -0.1) is 0 Å². The highest BCUT2D eigenvalue weighted by atomic mass is 19.1. The largest absolute Gasteiger partial charge is 0.493 e. The van der Waals surface area contributed by atoms with Crippen LogP contribution in [0.5, 0.6) is 11.5 Å². The van der Waals surface area contributed by atoms with Crippen LogP contribution in [0, 0.1) is 12.7 Å². The maximum atomic E-state index is 13.8. The number of allylic oxidation sites excluding steroid dienone is 2. The first kappa shape index (κ1) is 18.7. The minimum atomic E-state index is -0.949. The molecule has 0 aromatic heterocycles. The van der Waals surface area contributed by atoms with Gasteiger partial charge in [-0.05, 0) is 65.5 Å². The Hall–Kier alpha value is -3.08. The zero-order valence-corrected chi connectivity index (χ0v) is 15.7. The molecule has 2 aromatic rings. The van der Waals surface area contributed by atoms with Crippen molar-refractivity contribution in [2.75, 3.05) is 14.2 Å². The average Bonchev–Trinajstić information content (AvgIpc) is 2.87. The Morgan fingerprint density at radius 1 is 1.07 bits per heavy atom. The van der Waals surface area contributed by atoms with E-state index < -0.39 is 5.97 Å². The average molecular weight is 368 g/mol. The molecule has 0 saturated heterocycles. The number of aryl methyl sites for hydroxylation is 1. The molecule has 0 radical (unpaired) electrons. The molecule has 0 bridgehead atoms. The summed E-state index contributed by atoms with van der Waals surface area (Å²) in [6, 6.07) is 8.33. The Balaban J connectivity index is 2.23. The Kier molecular flexibility index (Phi) is 5.04. The van der Waals surface area contributed by atoms with Crippen LogP contribution in [0.2, 0.25) is 0 Å². The van der Waals surface area contributed by atoms with Gasteiger partial charge in [0.2, 0.25) is 0 Å². The van der Waals surface area contributed by atoms with Crippen molar-refractivity contribution in [3.05, 3.63) is 64.0 Å². The predicted octanol–water partition coefficient (Wildman–Crippen LogP) is 4.95. The second kappa shape index (κ2) is 7.27. The van der Waals surface area contributed by atoms with Crippen molar-refractivity contribution in [1.29, 1.82) is 0 Å². The zero-order valence-electron chi connectivity index (χ0n) is 15.7. The van der Waals surface area contributed by atoms with E-state index in [1.165, 1.54) is 12.1 Å². The summed E-state index contributed by atoms with van der Waals surface area (Å²) in [6.45, 7) is 3.79. The summed E-state index contributed by atoms with van der Waals surface area (Å²) in [4.78, 5) is 11.3. The van der Waals surface area contributed by atoms with Gasteiger partial charge in [-0.1, -0.05) is 18.2 Å². The van der Waals surface area contributed by atoms with Crippen LogP contribution in [0.3, 0.4) is 0 Å². The van der Waals surface area contributed by atoms with Gasteiger partial charge in [0, 0.05) is 5.56 Å². The normalized spacial score (nSPS) is 14.5. The molecule has 27 heavy (non-hydrogen) atoms. The molecule has 0 spiro atoms. The van der Waals surface area contributed by atoms with Gasteiger partial charge in [-0.25, -0.2) is 4.39 Å². The van der Waals surface area contributed by atoms with Gasteiger partial charge in [0.1, 0.15) is 5.82 Å². The van der Waals surface area contributed by atoms with Crippen LogP contribution in [0.4, 0.5) is 4.39 Å². The molecule has 1 aliphatic carbocycles. The minimum Gasteiger partial charge on any atom is -0.493 e. The highest BCUT2D eigenvalue weighted by Gasteiger charge is 2.26. The fourth-order valence-electron chi connectivity index (χ4n) is 3.54. The Morgan fingerprint density at radius 3 is 2.41 bits per heavy atom. The molecular formula is C22H21FO4. The summed E-state index contributed by atoms with van der Waals surface area (Å²) >= 11 is 0. The van der Waals surface area contributed by atoms with E-state index in [9.17, 15) is 14.3 Å². The van der Waals surface area contributed by atoms with Crippen molar-refractivity contribution in [1.82, 2.24) is 0 Å². The van der Waals surface area contributed by atoms with E-state index in [0.29, 0.717) is 22.6 Å². The molecular weight excluding hydrogens is 347 g/mol. The Morgan fingerprint density at radius 2 is 1.78 bits per heavy atom. The van der Waals surface area contributed by atoms with Gasteiger partial charge in [0.25, 0.3) is 0 Å². The number of ether oxygens (including phenoxy) is 2. The number of carboxylic acids is 1. The van der Waals surface area contributed by atoms with Crippen LogP contribution in [0.25, 0.3) is 17.2 Å². The van der Waals surface area contributed by atoms with Crippen LogP contribution in [-0.4, -0.2) is 25.3 Å². The van der Waals surface area contributed by atoms with Crippen LogP contribution >= 0.6 is 0 Å². The number of aliphatic carboxylic acids is 1. The van der Waals surface area contributed by atoms with Gasteiger partial charge < -0.3 is 14.6 Å². The Labute approximate surface area is 157 Å². The van der Waals surface area contributed by atoms with Crippen molar-refractivity contribution in [3.8, 4) is 11.5 Å². The number of benzene rings is 2. The van der Waals surface area contributed by atoms with E-state index in [1.54, 1.807) is 20.3 Å². The van der Waals surface area contributed by atoms with E-state index in [-0.39, 0.29) is 12.2 Å². The minimum absolute atomic E-state index is 0.159. The molecule has 0 saturated carbocycles. The summed E-state index contributed by atoms with van der Waals surface area (Å²) in [5.41, 5.74) is 5.49. The van der Waals surface area contributed by atoms with Crippen molar-refractivity contribution in [2.45, 2.75) is 20.3 Å². The van der Waals surface area contributed by atoms with E-state index in [1.807, 2.05) is 32.1 Å². The zero-order chi connectivity index (χ0) is 19.7. The smallest absolute Gasteiger partial charge is 0.307 e. The SMILES string of the molecule is COc1c(C)ccc(C=C2C(C)=C(CC(=O)O)c3cc(F)ccc32)c1OC. The number of carboxylic acid groups (broad SMARTS) is 1. The molecule has 0 heterocycles. The maximum absolute atomic E-state index is 13.8. The second-order valence-electron chi connectivity index (χ2n) is 6.46. The first-order valence-corrected chi connectivity index (χ1v) is 8.52. The molecule has 1 aliphatic rings. The fourth-order valence-corrected chi connectivity index (χ4v) is 3.54. The van der Waals surface area contributed by atoms with Crippen LogP contribution < -0.4 is 9.47 Å². The van der Waals surface area contributed by atoms with Gasteiger partial charge in [0.15, 0.2) is 11.5 Å². The number of rotatable bonds is 5. The molecule has 0 amide bonds. The molecule has 0 fully saturated rings. The van der Waals surface area contributed by atoms with Crippen LogP contribution in [0.1, 0.15) is 35.6 Å². The molecule has 5 heteroatoms. The lowest BCUT2D eigenvalue weighted by Gasteiger charge is -2.14. The van der Waals surface area contributed by atoms with E-state index in [0.717, 1.165) is 27.8 Å². The first-order chi connectivity index (χ1) is 12.9. The molecule has 0 atom stereocenters. The number of methoxy groups -OCH3 is 2. The maximum Gasteiger partial charge on any atom is 0.307 e. The number of fused-ring (bicyclic) bond motifs is 1. The standard InChI is InChI=1S/C22H21FO4/c1-12-5-6-14(22(27-4)21(12)26-3)9-17-13(2)18(11-20(24)25)19-10-15(23)7-8-16(17)19/h5-10H,11H2,1-4H3,(H,24,25). The molecule has 0 unspecified atom stereocenters. The number of hydrogen-bond acceptors (Lipinski definition) is 3. The Bertz CT molecular complexity index is 986. The van der Waals surface area contributed by atoms with Crippen LogP contribution in [0.15, 0.2) is 35.9 Å². The van der Waals surface area contributed by atoms with E-state index in [2.05, 4.69) is 0 Å². The summed E-state index contributed by atoms with van der Waals surface area (Å²) in [7, 11) is 3.17. The highest BCUT2D eigenvalue weighted by Crippen LogP contribution is 2.45. The third kappa shape index (κ3) is 3.33. The summed E-state index contributed by atoms with van der Waals surface area (Å²) in [5.74, 6) is -0.0830. The monoisotopic (exact) mass is 368 g/mol. The molecule has 140 valence electrons. The van der Waals surface area contributed by atoms with Gasteiger partial charge in [-0.3, -0.25) is 4.79 Å². The third-order valence-electron chi connectivity index (χ3n) is 4.83. The lowest BCUT2D eigenvalue weighted by molar-refractivity contribution is -0.135. The third-order valence-corrected chi connectivity index (χ3v) is 4.83. The second-order valence-corrected chi connectivity index (χ2v) is 6.46. The number of halogens is 1. The van der Waals surface area contributed by atoms with Gasteiger partial charge in [-0.2, -0.15) is 0 Å². The highest BCUT2D eigenvalue weighted by molar-refractivity contribution is 6.07. The summed E-state index contributed by atoms with van der Waals surface area (Å²) in [6.07, 6.45) is 1.77. The van der Waals surface area contributed by atoms with Crippen molar-refractivity contribution in [3.63, 3.8) is 0 Å². The molecule has 2 aromatic carbocycles.